The van der Waals surface area contributed by atoms with Crippen LogP contribution in [0.3, 0.4) is 0 Å². The van der Waals surface area contributed by atoms with Gasteiger partial charge in [-0.3, -0.25) is 9.59 Å². The molecule has 0 bridgehead atoms. The average molecular weight is 641 g/mol. The van der Waals surface area contributed by atoms with E-state index in [2.05, 4.69) is 23.3 Å². The molecule has 0 aliphatic carbocycles. The molecule has 0 unspecified atom stereocenters. The molecule has 1 aromatic heterocycles. The zero-order valence-electron chi connectivity index (χ0n) is 27.6. The number of nitrogens with one attached hydrogen (secondary N) is 2. The molecule has 9 heteroatoms. The first-order valence-corrected chi connectivity index (χ1v) is 16.7. The number of ether oxygens (including phenoxy) is 2. The molecule has 9 nitrogen and oxygen atoms in total. The number of H-pyrrole nitrogens is 1. The second-order valence-corrected chi connectivity index (χ2v) is 11.7. The van der Waals surface area contributed by atoms with Crippen molar-refractivity contribution < 1.29 is 23.9 Å². The van der Waals surface area contributed by atoms with Gasteiger partial charge in [-0.15, -0.1) is 0 Å². The molecule has 0 radical (unpaired) electrons. The summed E-state index contributed by atoms with van der Waals surface area (Å²) in [5.41, 5.74) is 9.70. The molecule has 4 N–H and O–H groups in total. The molecular formula is C38H48N4O5. The summed E-state index contributed by atoms with van der Waals surface area (Å²) in [6, 6.07) is 22.3. The first-order chi connectivity index (χ1) is 22.9. The number of carbonyl (C=O) groups is 3. The number of amides is 2. The van der Waals surface area contributed by atoms with Gasteiger partial charge in [-0.25, -0.2) is 4.79 Å². The number of hydrogen-bond acceptors (Lipinski definition) is 6. The molecule has 0 fully saturated rings. The molecule has 250 valence electrons. The highest BCUT2D eigenvalue weighted by molar-refractivity contribution is 6.00. The zero-order chi connectivity index (χ0) is 33.4. The van der Waals surface area contributed by atoms with E-state index >= 15 is 0 Å². The first-order valence-electron chi connectivity index (χ1n) is 16.7. The molecule has 0 aliphatic rings. The number of hydrogen-bond donors (Lipinski definition) is 3. The molecule has 0 saturated carbocycles. The van der Waals surface area contributed by atoms with Crippen molar-refractivity contribution in [3.8, 4) is 5.75 Å². The van der Waals surface area contributed by atoms with Crippen molar-refractivity contribution in [3.63, 3.8) is 0 Å². The predicted octanol–water partition coefficient (Wildman–Crippen LogP) is 6.69. The van der Waals surface area contributed by atoms with Crippen molar-refractivity contribution in [1.82, 2.24) is 10.3 Å². The van der Waals surface area contributed by atoms with Gasteiger partial charge < -0.3 is 30.4 Å². The van der Waals surface area contributed by atoms with Crippen LogP contribution in [0.1, 0.15) is 79.8 Å². The summed E-state index contributed by atoms with van der Waals surface area (Å²) in [4.78, 5) is 44.9. The van der Waals surface area contributed by atoms with Crippen molar-refractivity contribution in [2.45, 2.75) is 77.3 Å². The number of nitrogens with two attached hydrogens (primary N) is 1. The number of methoxy groups -OCH3 is 1. The Morgan fingerprint density at radius 3 is 2.49 bits per heavy atom. The molecule has 0 aliphatic heterocycles. The molecule has 0 spiro atoms. The highest BCUT2D eigenvalue weighted by Crippen LogP contribution is 2.29. The molecule has 4 rings (SSSR count). The van der Waals surface area contributed by atoms with Gasteiger partial charge in [0.2, 0.25) is 5.91 Å². The summed E-state index contributed by atoms with van der Waals surface area (Å²) >= 11 is 0. The largest absolute Gasteiger partial charge is 0.492 e. The average Bonchev–Trinajstić information content (AvgIpc) is 3.51. The number of esters is 1. The Labute approximate surface area is 277 Å². The lowest BCUT2D eigenvalue weighted by atomic mass is 10.1. The van der Waals surface area contributed by atoms with E-state index in [-0.39, 0.29) is 11.5 Å². The summed E-state index contributed by atoms with van der Waals surface area (Å²) in [7, 11) is 1.30. The van der Waals surface area contributed by atoms with Gasteiger partial charge in [0.05, 0.1) is 25.8 Å². The number of unbranched alkanes of at least 4 members (excludes halogenated alkanes) is 4. The normalized spacial score (nSPS) is 11.6. The fourth-order valence-electron chi connectivity index (χ4n) is 5.64. The number of benzene rings is 3. The minimum Gasteiger partial charge on any atom is -0.492 e. The standard InChI is InChI=1S/C38H48N4O5/c1-3-4-5-9-19-36(43)42(27-28-14-7-6-8-15-28)30-20-21-32(37(44)41-34(38(45)46-2)18-12-13-23-39)35(25-30)47-24-22-29-26-40-33-17-11-10-16-31(29)33/h6-8,10-11,14-17,20-21,25-26,34,40H,3-5,9,12-13,18-19,22-24,27,39H2,1-2H3,(H,41,44)/t34-/m0/s1. The van der Waals surface area contributed by atoms with Gasteiger partial charge >= 0.3 is 5.97 Å². The smallest absolute Gasteiger partial charge is 0.328 e. The molecule has 0 saturated heterocycles. The van der Waals surface area contributed by atoms with Gasteiger partial charge in [-0.1, -0.05) is 74.7 Å². The van der Waals surface area contributed by atoms with Gasteiger partial charge in [0, 0.05) is 41.7 Å². The van der Waals surface area contributed by atoms with Crippen molar-refractivity contribution in [3.05, 3.63) is 95.7 Å². The Hall–Kier alpha value is -4.63. The lowest BCUT2D eigenvalue weighted by Gasteiger charge is -2.25. The molecule has 1 atom stereocenters. The SMILES string of the molecule is CCCCCCC(=O)N(Cc1ccccc1)c1ccc(C(=O)N[C@@H](CCCCN)C(=O)OC)c(OCCc2c[nH]c3ccccc23)c1. The third-order valence-electron chi connectivity index (χ3n) is 8.29. The first kappa shape index (κ1) is 35.2. The second kappa shape index (κ2) is 18.5. The highest BCUT2D eigenvalue weighted by atomic mass is 16.5. The molecular weight excluding hydrogens is 592 g/mol. The number of aromatic amines is 1. The number of fused-ring (bicyclic) bond motifs is 1. The fourth-order valence-corrected chi connectivity index (χ4v) is 5.64. The summed E-state index contributed by atoms with van der Waals surface area (Å²) in [5, 5.41) is 3.96. The Kier molecular flexibility index (Phi) is 13.9. The Balaban J connectivity index is 1.63. The van der Waals surface area contributed by atoms with Crippen LogP contribution in [0.25, 0.3) is 10.9 Å². The van der Waals surface area contributed by atoms with Gasteiger partial charge in [-0.2, -0.15) is 0 Å². The number of para-hydroxylation sites is 1. The van der Waals surface area contributed by atoms with Crippen LogP contribution in [-0.2, 0) is 27.3 Å². The van der Waals surface area contributed by atoms with Crippen LogP contribution in [-0.4, -0.2) is 49.1 Å². The van der Waals surface area contributed by atoms with E-state index < -0.39 is 17.9 Å². The lowest BCUT2D eigenvalue weighted by Crippen LogP contribution is -2.41. The van der Waals surface area contributed by atoms with Crippen LogP contribution in [0.5, 0.6) is 5.75 Å². The summed E-state index contributed by atoms with van der Waals surface area (Å²) in [6.45, 7) is 3.33. The van der Waals surface area contributed by atoms with Gasteiger partial charge in [0.15, 0.2) is 0 Å². The maximum absolute atomic E-state index is 13.7. The number of rotatable bonds is 19. The van der Waals surface area contributed by atoms with E-state index in [0.717, 1.165) is 54.1 Å². The summed E-state index contributed by atoms with van der Waals surface area (Å²) < 4.78 is 11.3. The minimum atomic E-state index is -0.822. The van der Waals surface area contributed by atoms with E-state index in [1.807, 2.05) is 54.7 Å². The van der Waals surface area contributed by atoms with E-state index in [4.69, 9.17) is 15.2 Å². The van der Waals surface area contributed by atoms with Crippen molar-refractivity contribution >= 4 is 34.4 Å². The van der Waals surface area contributed by atoms with Crippen LogP contribution in [0.4, 0.5) is 5.69 Å². The Bertz CT molecular complexity index is 1590. The number of anilines is 1. The van der Waals surface area contributed by atoms with E-state index in [9.17, 15) is 14.4 Å². The van der Waals surface area contributed by atoms with Gasteiger partial charge in [-0.05, 0) is 61.6 Å². The Morgan fingerprint density at radius 1 is 0.936 bits per heavy atom. The molecule has 47 heavy (non-hydrogen) atoms. The van der Waals surface area contributed by atoms with Gasteiger partial charge in [0.25, 0.3) is 5.91 Å². The van der Waals surface area contributed by atoms with Crippen molar-refractivity contribution in [2.24, 2.45) is 5.73 Å². The van der Waals surface area contributed by atoms with Crippen LogP contribution in [0.15, 0.2) is 79.0 Å². The third kappa shape index (κ3) is 10.2. The number of carbonyl (C=O) groups excluding carboxylic acids is 3. The zero-order valence-corrected chi connectivity index (χ0v) is 27.6. The third-order valence-corrected chi connectivity index (χ3v) is 8.29. The molecule has 1 heterocycles. The molecule has 3 aromatic carbocycles. The van der Waals surface area contributed by atoms with Crippen LogP contribution in [0.2, 0.25) is 0 Å². The van der Waals surface area contributed by atoms with E-state index in [0.29, 0.717) is 56.8 Å². The predicted molar refractivity (Wildman–Crippen MR) is 187 cm³/mol. The fraction of sp³-hybridized carbons (Fsp3) is 0.395. The van der Waals surface area contributed by atoms with Crippen molar-refractivity contribution in [2.75, 3.05) is 25.2 Å². The van der Waals surface area contributed by atoms with Gasteiger partial charge in [0.1, 0.15) is 11.8 Å². The topological polar surface area (TPSA) is 127 Å². The second-order valence-electron chi connectivity index (χ2n) is 11.7. The lowest BCUT2D eigenvalue weighted by molar-refractivity contribution is -0.143. The minimum absolute atomic E-state index is 0.0116. The monoisotopic (exact) mass is 640 g/mol. The number of nitrogens with zero attached hydrogens (tertiary/aromatic N) is 1. The van der Waals surface area contributed by atoms with Crippen LogP contribution >= 0.6 is 0 Å². The molecule has 2 amide bonds. The molecule has 4 aromatic rings. The van der Waals surface area contributed by atoms with E-state index in [1.54, 1.807) is 23.1 Å². The quantitative estimate of drug-likeness (QED) is 0.0774. The Morgan fingerprint density at radius 2 is 1.72 bits per heavy atom. The van der Waals surface area contributed by atoms with Crippen LogP contribution in [0, 0.1) is 0 Å². The number of aromatic nitrogens is 1. The summed E-state index contributed by atoms with van der Waals surface area (Å²) in [6.07, 6.45) is 8.78. The maximum atomic E-state index is 13.7. The highest BCUT2D eigenvalue weighted by Gasteiger charge is 2.25. The maximum Gasteiger partial charge on any atom is 0.328 e. The van der Waals surface area contributed by atoms with Crippen molar-refractivity contribution in [1.29, 1.82) is 0 Å². The summed E-state index contributed by atoms with van der Waals surface area (Å²) in [5.74, 6) is -0.626. The van der Waals surface area contributed by atoms with Crippen LogP contribution < -0.4 is 20.7 Å². The van der Waals surface area contributed by atoms with E-state index in [1.165, 1.54) is 7.11 Å².